The molecule has 0 aliphatic heterocycles. The van der Waals surface area contributed by atoms with Crippen molar-refractivity contribution < 1.29 is 22.7 Å². The van der Waals surface area contributed by atoms with Crippen molar-refractivity contribution in [1.29, 1.82) is 0 Å². The second-order valence-electron chi connectivity index (χ2n) is 3.54. The van der Waals surface area contributed by atoms with E-state index in [4.69, 9.17) is 0 Å². The highest BCUT2D eigenvalue weighted by atomic mass is 79.9. The molecule has 0 saturated carbocycles. The fraction of sp³-hybridized carbons (Fsp3) is 0.0833. The van der Waals surface area contributed by atoms with Gasteiger partial charge in [0.2, 0.25) is 0 Å². The first-order valence-corrected chi connectivity index (χ1v) is 5.64. The number of ether oxygens (including phenoxy) is 1. The Kier molecular flexibility index (Phi) is 3.30. The van der Waals surface area contributed by atoms with Gasteiger partial charge in [-0.1, -0.05) is 28.1 Å². The summed E-state index contributed by atoms with van der Waals surface area (Å²) in [4.78, 5) is 10.7. The highest BCUT2D eigenvalue weighted by Gasteiger charge is 2.41. The van der Waals surface area contributed by atoms with Crippen molar-refractivity contribution in [3.05, 3.63) is 40.9 Å². The van der Waals surface area contributed by atoms with Crippen LogP contribution in [0.5, 0.6) is 5.75 Å². The van der Waals surface area contributed by atoms with Gasteiger partial charge in [0.25, 0.3) is 0 Å². The Hall–Kier alpha value is -1.56. The number of alkyl halides is 3. The van der Waals surface area contributed by atoms with E-state index in [0.29, 0.717) is 5.39 Å². The van der Waals surface area contributed by atoms with Crippen LogP contribution in [-0.4, -0.2) is 12.1 Å². The molecular weight excluding hydrogens is 313 g/mol. The summed E-state index contributed by atoms with van der Waals surface area (Å²) in [5.41, 5.74) is 0. The lowest BCUT2D eigenvalue weighted by Crippen LogP contribution is -2.27. The molecule has 0 fully saturated rings. The van der Waals surface area contributed by atoms with Gasteiger partial charge in [-0.25, -0.2) is 4.79 Å². The van der Waals surface area contributed by atoms with Crippen LogP contribution in [0.2, 0.25) is 0 Å². The van der Waals surface area contributed by atoms with Gasteiger partial charge in [0.05, 0.1) is 0 Å². The van der Waals surface area contributed by atoms with E-state index in [1.54, 1.807) is 18.2 Å². The van der Waals surface area contributed by atoms with Crippen LogP contribution in [0.4, 0.5) is 13.2 Å². The van der Waals surface area contributed by atoms with Crippen molar-refractivity contribution in [2.24, 2.45) is 0 Å². The Labute approximate surface area is 108 Å². The molecule has 0 heterocycles. The van der Waals surface area contributed by atoms with E-state index in [2.05, 4.69) is 20.7 Å². The molecule has 0 amide bonds. The van der Waals surface area contributed by atoms with Gasteiger partial charge in [0.15, 0.2) is 0 Å². The van der Waals surface area contributed by atoms with Crippen LogP contribution in [0.25, 0.3) is 10.8 Å². The Balaban J connectivity index is 2.31. The molecule has 0 atom stereocenters. The molecule has 0 spiro atoms. The van der Waals surface area contributed by atoms with Crippen molar-refractivity contribution in [3.8, 4) is 5.75 Å². The molecule has 2 aromatic rings. The second-order valence-corrected chi connectivity index (χ2v) is 4.46. The first-order valence-electron chi connectivity index (χ1n) is 4.84. The summed E-state index contributed by atoms with van der Waals surface area (Å²) in [6.45, 7) is 0. The highest BCUT2D eigenvalue weighted by molar-refractivity contribution is 9.10. The zero-order valence-electron chi connectivity index (χ0n) is 8.79. The summed E-state index contributed by atoms with van der Waals surface area (Å²) in [7, 11) is 0. The molecule has 0 bridgehead atoms. The molecule has 2 nitrogen and oxygen atoms in total. The largest absolute Gasteiger partial charge is 0.491 e. The van der Waals surface area contributed by atoms with Crippen molar-refractivity contribution >= 4 is 32.7 Å². The summed E-state index contributed by atoms with van der Waals surface area (Å²) in [6.07, 6.45) is -4.99. The predicted molar refractivity (Wildman–Crippen MR) is 63.3 cm³/mol. The van der Waals surface area contributed by atoms with Crippen LogP contribution >= 0.6 is 15.9 Å². The number of halogens is 4. The van der Waals surface area contributed by atoms with Gasteiger partial charge in [0, 0.05) is 4.47 Å². The molecule has 0 N–H and O–H groups in total. The van der Waals surface area contributed by atoms with E-state index < -0.39 is 12.1 Å². The van der Waals surface area contributed by atoms with Crippen LogP contribution < -0.4 is 4.74 Å². The Bertz CT molecular complexity index is 608. The van der Waals surface area contributed by atoms with Crippen molar-refractivity contribution in [2.75, 3.05) is 0 Å². The lowest BCUT2D eigenvalue weighted by molar-refractivity contribution is -0.189. The van der Waals surface area contributed by atoms with Crippen LogP contribution in [0, 0.1) is 0 Å². The number of carbonyl (C=O) groups excluding carboxylic acids is 1. The summed E-state index contributed by atoms with van der Waals surface area (Å²) < 4.78 is 41.2. The fourth-order valence-electron chi connectivity index (χ4n) is 1.42. The van der Waals surface area contributed by atoms with E-state index in [1.807, 2.05) is 6.07 Å². The number of carbonyl (C=O) groups is 1. The van der Waals surface area contributed by atoms with Gasteiger partial charge < -0.3 is 4.74 Å². The topological polar surface area (TPSA) is 26.3 Å². The first kappa shape index (κ1) is 12.9. The minimum absolute atomic E-state index is 0.132. The zero-order chi connectivity index (χ0) is 13.3. The maximum Gasteiger partial charge on any atom is 0.491 e. The molecule has 0 aromatic heterocycles. The quantitative estimate of drug-likeness (QED) is 0.585. The minimum Gasteiger partial charge on any atom is -0.420 e. The number of benzene rings is 2. The van der Waals surface area contributed by atoms with Crippen LogP contribution in [0.1, 0.15) is 0 Å². The summed E-state index contributed by atoms with van der Waals surface area (Å²) in [5, 5.41) is 1.52. The molecule has 0 unspecified atom stereocenters. The smallest absolute Gasteiger partial charge is 0.420 e. The van der Waals surface area contributed by atoms with E-state index in [1.165, 1.54) is 12.1 Å². The average molecular weight is 319 g/mol. The molecule has 0 radical (unpaired) electrons. The van der Waals surface area contributed by atoms with Gasteiger partial charge in [-0.15, -0.1) is 0 Å². The van der Waals surface area contributed by atoms with Crippen molar-refractivity contribution in [1.82, 2.24) is 0 Å². The fourth-order valence-corrected chi connectivity index (χ4v) is 1.80. The first-order chi connectivity index (χ1) is 8.36. The van der Waals surface area contributed by atoms with Gasteiger partial charge in [-0.05, 0) is 35.0 Å². The van der Waals surface area contributed by atoms with E-state index in [9.17, 15) is 18.0 Å². The average Bonchev–Trinajstić information content (AvgIpc) is 2.28. The maximum atomic E-state index is 12.0. The number of hydrogen-bond donors (Lipinski definition) is 0. The predicted octanol–water partition coefficient (Wildman–Crippen LogP) is 4.07. The zero-order valence-corrected chi connectivity index (χ0v) is 10.4. The lowest BCUT2D eigenvalue weighted by Gasteiger charge is -2.07. The van der Waals surface area contributed by atoms with E-state index >= 15 is 0 Å². The lowest BCUT2D eigenvalue weighted by atomic mass is 10.1. The van der Waals surface area contributed by atoms with Gasteiger partial charge in [-0.2, -0.15) is 13.2 Å². The van der Waals surface area contributed by atoms with Crippen molar-refractivity contribution in [3.63, 3.8) is 0 Å². The number of rotatable bonds is 1. The van der Waals surface area contributed by atoms with Crippen LogP contribution in [-0.2, 0) is 4.79 Å². The summed E-state index contributed by atoms with van der Waals surface area (Å²) in [5.74, 6) is -2.36. The second kappa shape index (κ2) is 4.61. The molecular formula is C12H6BrF3O2. The van der Waals surface area contributed by atoms with Crippen molar-refractivity contribution in [2.45, 2.75) is 6.18 Å². The summed E-state index contributed by atoms with van der Waals surface area (Å²) >= 11 is 3.28. The number of esters is 1. The number of hydrogen-bond acceptors (Lipinski definition) is 2. The van der Waals surface area contributed by atoms with Crippen LogP contribution in [0.3, 0.4) is 0 Å². The monoisotopic (exact) mass is 318 g/mol. The maximum absolute atomic E-state index is 12.0. The highest BCUT2D eigenvalue weighted by Crippen LogP contribution is 2.26. The third kappa shape index (κ3) is 2.81. The number of fused-ring (bicyclic) bond motifs is 1. The molecule has 2 aromatic carbocycles. The third-order valence-corrected chi connectivity index (χ3v) is 2.71. The standard InChI is InChI=1S/C12H6BrF3O2/c13-9-3-1-8-6-10(4-2-7(8)5-9)18-11(17)12(14,15)16/h1-6H. The Morgan fingerprint density at radius 1 is 1.06 bits per heavy atom. The third-order valence-electron chi connectivity index (χ3n) is 2.22. The Morgan fingerprint density at radius 3 is 2.33 bits per heavy atom. The Morgan fingerprint density at radius 2 is 1.67 bits per heavy atom. The molecule has 2 rings (SSSR count). The van der Waals surface area contributed by atoms with Gasteiger partial charge >= 0.3 is 12.1 Å². The molecule has 0 aliphatic carbocycles. The van der Waals surface area contributed by atoms with Gasteiger partial charge in [-0.3, -0.25) is 0 Å². The molecule has 0 saturated heterocycles. The van der Waals surface area contributed by atoms with E-state index in [-0.39, 0.29) is 5.75 Å². The normalized spacial score (nSPS) is 11.6. The SMILES string of the molecule is O=C(Oc1ccc2cc(Br)ccc2c1)C(F)(F)F. The van der Waals surface area contributed by atoms with Gasteiger partial charge in [0.1, 0.15) is 5.75 Å². The molecule has 0 aliphatic rings. The molecule has 6 heteroatoms. The molecule has 94 valence electrons. The minimum atomic E-state index is -4.99. The molecule has 18 heavy (non-hydrogen) atoms. The summed E-state index contributed by atoms with van der Waals surface area (Å²) in [6, 6.07) is 9.55. The van der Waals surface area contributed by atoms with E-state index in [0.717, 1.165) is 9.86 Å². The van der Waals surface area contributed by atoms with Crippen LogP contribution in [0.15, 0.2) is 40.9 Å².